The van der Waals surface area contributed by atoms with Crippen LogP contribution in [0.3, 0.4) is 0 Å². The third-order valence-electron chi connectivity index (χ3n) is 5.36. The molecule has 2 unspecified atom stereocenters. The molecule has 0 saturated carbocycles. The van der Waals surface area contributed by atoms with Crippen LogP contribution in [0.1, 0.15) is 11.7 Å². The van der Waals surface area contributed by atoms with Crippen LogP contribution < -0.4 is 5.43 Å². The largest absolute Gasteiger partial charge is 0.508 e. The number of aliphatic hydroxyl groups excluding tert-OH is 4. The first-order valence-electron chi connectivity index (χ1n) is 9.36. The van der Waals surface area contributed by atoms with E-state index in [1.165, 1.54) is 30.3 Å². The van der Waals surface area contributed by atoms with Crippen LogP contribution in [0.2, 0.25) is 0 Å². The molecule has 7 N–H and O–H groups in total. The molecule has 1 aliphatic rings. The summed E-state index contributed by atoms with van der Waals surface area (Å²) >= 11 is 0. The molecule has 0 spiro atoms. The Morgan fingerprint density at radius 2 is 1.55 bits per heavy atom. The van der Waals surface area contributed by atoms with Gasteiger partial charge in [0, 0.05) is 5.56 Å². The lowest BCUT2D eigenvalue weighted by Gasteiger charge is -2.40. The molecule has 0 radical (unpaired) electrons. The summed E-state index contributed by atoms with van der Waals surface area (Å²) in [4.78, 5) is 12.8. The third kappa shape index (κ3) is 3.40. The van der Waals surface area contributed by atoms with E-state index in [1.54, 1.807) is 0 Å². The predicted octanol–water partition coefficient (Wildman–Crippen LogP) is 0.0917. The summed E-state index contributed by atoms with van der Waals surface area (Å²) in [5, 5.41) is 70.3. The van der Waals surface area contributed by atoms with E-state index in [0.29, 0.717) is 0 Å². The average Bonchev–Trinajstić information content (AvgIpc) is 2.76. The van der Waals surface area contributed by atoms with Gasteiger partial charge in [0.1, 0.15) is 47.6 Å². The van der Waals surface area contributed by atoms with Crippen LogP contribution >= 0.6 is 0 Å². The number of fused-ring (bicyclic) bond motifs is 1. The molecule has 0 amide bonds. The number of aromatic hydroxyl groups is 3. The molecule has 5 atom stereocenters. The number of phenols is 2. The Bertz CT molecular complexity index is 1170. The monoisotopic (exact) mass is 432 g/mol. The van der Waals surface area contributed by atoms with E-state index in [0.717, 1.165) is 6.07 Å². The molecule has 1 fully saturated rings. The van der Waals surface area contributed by atoms with Gasteiger partial charge in [-0.25, -0.2) is 0 Å². The SMILES string of the molecule is O=c1c(O)c(-c2ccc(O)cc2)oc2c([C@@H]3OC(CO)[C@@H](O)[C@H](O)C3O)c(O)ccc12. The van der Waals surface area contributed by atoms with Crippen molar-refractivity contribution >= 4 is 11.0 Å². The zero-order chi connectivity index (χ0) is 22.4. The van der Waals surface area contributed by atoms with Crippen LogP contribution in [0.25, 0.3) is 22.3 Å². The highest BCUT2D eigenvalue weighted by Gasteiger charge is 2.45. The van der Waals surface area contributed by atoms with Gasteiger partial charge in [0.2, 0.25) is 11.2 Å². The van der Waals surface area contributed by atoms with Gasteiger partial charge in [-0.15, -0.1) is 0 Å². The molecule has 164 valence electrons. The molecule has 10 heteroatoms. The third-order valence-corrected chi connectivity index (χ3v) is 5.36. The summed E-state index contributed by atoms with van der Waals surface area (Å²) in [7, 11) is 0. The highest BCUT2D eigenvalue weighted by atomic mass is 16.5. The first-order chi connectivity index (χ1) is 14.7. The number of hydrogen-bond donors (Lipinski definition) is 7. The molecule has 1 aromatic heterocycles. The molecular formula is C21H20O10. The van der Waals surface area contributed by atoms with Crippen molar-refractivity contribution in [2.24, 2.45) is 0 Å². The standard InChI is InChI=1S/C21H20O10/c22-7-12-15(26)16(27)18(29)21(30-12)13-11(24)6-5-10-14(25)17(28)19(31-20(10)13)8-1-3-9(23)4-2-8/h1-6,12,15-16,18,21-24,26-29H,7H2/t12?,15-,16+,18?,21+/m1/s1. The van der Waals surface area contributed by atoms with Crippen molar-refractivity contribution in [2.75, 3.05) is 6.61 Å². The maximum atomic E-state index is 12.8. The summed E-state index contributed by atoms with van der Waals surface area (Å²) in [6.07, 6.45) is -7.79. The maximum absolute atomic E-state index is 12.8. The van der Waals surface area contributed by atoms with Gasteiger partial charge >= 0.3 is 0 Å². The van der Waals surface area contributed by atoms with E-state index < -0.39 is 54.1 Å². The lowest BCUT2D eigenvalue weighted by Crippen LogP contribution is -2.55. The number of benzene rings is 2. The van der Waals surface area contributed by atoms with Gasteiger partial charge in [0.15, 0.2) is 5.76 Å². The van der Waals surface area contributed by atoms with Crippen molar-refractivity contribution in [1.82, 2.24) is 0 Å². The molecule has 3 aromatic rings. The van der Waals surface area contributed by atoms with E-state index >= 15 is 0 Å². The smallest absolute Gasteiger partial charge is 0.235 e. The minimum atomic E-state index is -1.73. The minimum Gasteiger partial charge on any atom is -0.508 e. The number of aliphatic hydroxyl groups is 4. The first-order valence-corrected chi connectivity index (χ1v) is 9.36. The number of hydrogen-bond acceptors (Lipinski definition) is 10. The van der Waals surface area contributed by atoms with Gasteiger partial charge in [0.25, 0.3) is 0 Å². The number of ether oxygens (including phenoxy) is 1. The van der Waals surface area contributed by atoms with E-state index in [2.05, 4.69) is 0 Å². The number of rotatable bonds is 3. The summed E-state index contributed by atoms with van der Waals surface area (Å²) in [6, 6.07) is 7.78. The molecule has 2 heterocycles. The summed E-state index contributed by atoms with van der Waals surface area (Å²) in [6.45, 7) is -0.684. The average molecular weight is 432 g/mol. The van der Waals surface area contributed by atoms with Crippen molar-refractivity contribution < 1.29 is 44.9 Å². The Labute approximate surface area is 174 Å². The van der Waals surface area contributed by atoms with Crippen molar-refractivity contribution in [3.05, 3.63) is 52.2 Å². The summed E-state index contributed by atoms with van der Waals surface area (Å²) in [5.41, 5.74) is -1.01. The van der Waals surface area contributed by atoms with Gasteiger partial charge in [-0.1, -0.05) is 0 Å². The van der Waals surface area contributed by atoms with E-state index in [-0.39, 0.29) is 33.6 Å². The fourth-order valence-corrected chi connectivity index (χ4v) is 3.68. The van der Waals surface area contributed by atoms with E-state index in [4.69, 9.17) is 9.15 Å². The molecule has 0 aliphatic carbocycles. The van der Waals surface area contributed by atoms with Gasteiger partial charge in [-0.3, -0.25) is 4.79 Å². The summed E-state index contributed by atoms with van der Waals surface area (Å²) in [5.74, 6) is -1.45. The van der Waals surface area contributed by atoms with E-state index in [9.17, 15) is 40.5 Å². The molecule has 4 rings (SSSR count). The molecule has 0 bridgehead atoms. The highest BCUT2D eigenvalue weighted by molar-refractivity contribution is 5.86. The van der Waals surface area contributed by atoms with Crippen LogP contribution in [-0.4, -0.2) is 66.8 Å². The zero-order valence-electron chi connectivity index (χ0n) is 15.9. The highest BCUT2D eigenvalue weighted by Crippen LogP contribution is 2.42. The normalized spacial score (nSPS) is 26.3. The predicted molar refractivity (Wildman–Crippen MR) is 106 cm³/mol. The van der Waals surface area contributed by atoms with Crippen LogP contribution in [0.5, 0.6) is 17.2 Å². The van der Waals surface area contributed by atoms with Crippen LogP contribution in [0.15, 0.2) is 45.6 Å². The van der Waals surface area contributed by atoms with Gasteiger partial charge in [-0.05, 0) is 36.4 Å². The molecule has 1 aliphatic heterocycles. The second-order valence-electron chi connectivity index (χ2n) is 7.28. The van der Waals surface area contributed by atoms with Crippen LogP contribution in [0, 0.1) is 0 Å². The lowest BCUT2D eigenvalue weighted by molar-refractivity contribution is -0.231. The van der Waals surface area contributed by atoms with E-state index in [1.807, 2.05) is 0 Å². The van der Waals surface area contributed by atoms with Crippen molar-refractivity contribution in [1.29, 1.82) is 0 Å². The minimum absolute atomic E-state index is 0.0500. The Kier molecular flexibility index (Phi) is 5.33. The molecule has 10 nitrogen and oxygen atoms in total. The second-order valence-corrected chi connectivity index (χ2v) is 7.28. The first kappa shape index (κ1) is 21.1. The Balaban J connectivity index is 1.96. The fourth-order valence-electron chi connectivity index (χ4n) is 3.68. The molecule has 1 saturated heterocycles. The van der Waals surface area contributed by atoms with Gasteiger partial charge in [0.05, 0.1) is 17.6 Å². The lowest BCUT2D eigenvalue weighted by atomic mass is 9.90. The van der Waals surface area contributed by atoms with Crippen molar-refractivity contribution in [3.8, 4) is 28.6 Å². The Morgan fingerprint density at radius 3 is 2.19 bits per heavy atom. The molecule has 2 aromatic carbocycles. The Morgan fingerprint density at radius 1 is 0.871 bits per heavy atom. The topological polar surface area (TPSA) is 181 Å². The van der Waals surface area contributed by atoms with Gasteiger partial charge in [-0.2, -0.15) is 0 Å². The number of phenolic OH excluding ortho intramolecular Hbond substituents is 2. The second kappa shape index (κ2) is 7.84. The van der Waals surface area contributed by atoms with Crippen LogP contribution in [0.4, 0.5) is 0 Å². The Hall–Kier alpha value is -3.15. The molecule has 31 heavy (non-hydrogen) atoms. The zero-order valence-corrected chi connectivity index (χ0v) is 15.9. The summed E-state index contributed by atoms with van der Waals surface area (Å²) < 4.78 is 11.3. The fraction of sp³-hybridized carbons (Fsp3) is 0.286. The van der Waals surface area contributed by atoms with Crippen molar-refractivity contribution in [2.45, 2.75) is 30.5 Å². The molecular weight excluding hydrogens is 412 g/mol. The van der Waals surface area contributed by atoms with Gasteiger partial charge < -0.3 is 44.9 Å². The maximum Gasteiger partial charge on any atom is 0.235 e. The van der Waals surface area contributed by atoms with Crippen LogP contribution in [-0.2, 0) is 4.74 Å². The quantitative estimate of drug-likeness (QED) is 0.300. The van der Waals surface area contributed by atoms with Crippen molar-refractivity contribution in [3.63, 3.8) is 0 Å².